The maximum atomic E-state index is 11.5. The molecular weight excluding hydrogens is 189 g/mol. The summed E-state index contributed by atoms with van der Waals surface area (Å²) in [6.45, 7) is -0.0585. The van der Waals surface area contributed by atoms with Crippen molar-refractivity contribution in [2.24, 2.45) is 0 Å². The van der Waals surface area contributed by atoms with Gasteiger partial charge in [0.2, 0.25) is 0 Å². The molecule has 0 fully saturated rings. The highest BCUT2D eigenvalue weighted by Gasteiger charge is 2.26. The van der Waals surface area contributed by atoms with Crippen LogP contribution in [-0.4, -0.2) is 25.1 Å². The van der Waals surface area contributed by atoms with Gasteiger partial charge < -0.3 is 4.74 Å². The van der Waals surface area contributed by atoms with Crippen LogP contribution < -0.4 is 0 Å². The fourth-order valence-corrected chi connectivity index (χ4v) is 0.631. The molecule has 0 aliphatic rings. The molecule has 0 aromatic heterocycles. The molecule has 0 saturated carbocycles. The predicted molar refractivity (Wildman–Crippen MR) is 44.5 cm³/mol. The number of hydrogen-bond acceptors (Lipinski definition) is 2. The normalized spacial score (nSPS) is 12.7. The second-order valence-corrected chi connectivity index (χ2v) is 2.46. The number of ether oxygens (including phenoxy) is 1. The minimum atomic E-state index is -4.12. The van der Waals surface area contributed by atoms with Gasteiger partial charge in [-0.15, -0.1) is 0 Å². The zero-order valence-corrected chi connectivity index (χ0v) is 7.37. The number of thiol groups is 1. The van der Waals surface area contributed by atoms with Gasteiger partial charge in [-0.3, -0.25) is 0 Å². The molecule has 0 spiro atoms. The van der Waals surface area contributed by atoms with Gasteiger partial charge in [-0.25, -0.2) is 0 Å². The monoisotopic (exact) mass is 200 g/mol. The molecule has 0 aliphatic carbocycles. The largest absolute Gasteiger partial charge is 0.391 e. The summed E-state index contributed by atoms with van der Waals surface area (Å²) in [5.41, 5.74) is 0. The van der Waals surface area contributed by atoms with E-state index in [0.29, 0.717) is 5.75 Å². The summed E-state index contributed by atoms with van der Waals surface area (Å²) in [5, 5.41) is 0. The molecule has 1 nitrogen and oxygen atoms in total. The first-order valence-electron chi connectivity index (χ1n) is 3.46. The Morgan fingerprint density at radius 3 is 2.42 bits per heavy atom. The van der Waals surface area contributed by atoms with Gasteiger partial charge in [0.15, 0.2) is 0 Å². The van der Waals surface area contributed by atoms with E-state index in [2.05, 4.69) is 17.4 Å². The molecule has 72 valence electrons. The molecular formula is C7H11F3OS. The summed E-state index contributed by atoms with van der Waals surface area (Å²) >= 11 is 3.87. The van der Waals surface area contributed by atoms with Crippen LogP contribution >= 0.6 is 12.6 Å². The second-order valence-electron chi connectivity index (χ2n) is 2.09. The van der Waals surface area contributed by atoms with E-state index in [1.807, 2.05) is 0 Å². The molecule has 0 unspecified atom stereocenters. The SMILES string of the molecule is FC(F)(F)CCOC/C=C/CS. The summed E-state index contributed by atoms with van der Waals surface area (Å²) in [6.07, 6.45) is -1.64. The minimum Gasteiger partial charge on any atom is -0.377 e. The van der Waals surface area contributed by atoms with Crippen LogP contribution in [0, 0.1) is 0 Å². The molecule has 0 saturated heterocycles. The van der Waals surface area contributed by atoms with Crippen molar-refractivity contribution >= 4 is 12.6 Å². The van der Waals surface area contributed by atoms with Gasteiger partial charge in [0, 0.05) is 5.75 Å². The van der Waals surface area contributed by atoms with Gasteiger partial charge in [0.05, 0.1) is 19.6 Å². The third-order valence-corrected chi connectivity index (χ3v) is 1.23. The number of alkyl halides is 3. The molecule has 0 aromatic rings. The lowest BCUT2D eigenvalue weighted by Crippen LogP contribution is -2.11. The lowest BCUT2D eigenvalue weighted by molar-refractivity contribution is -0.144. The Bertz CT molecular complexity index is 133. The van der Waals surface area contributed by atoms with Gasteiger partial charge in [-0.05, 0) is 0 Å². The van der Waals surface area contributed by atoms with Crippen LogP contribution in [0.1, 0.15) is 6.42 Å². The topological polar surface area (TPSA) is 9.23 Å². The van der Waals surface area contributed by atoms with E-state index in [9.17, 15) is 13.2 Å². The third kappa shape index (κ3) is 9.84. The summed E-state index contributed by atoms with van der Waals surface area (Å²) in [7, 11) is 0. The Labute approximate surface area is 75.0 Å². The van der Waals surface area contributed by atoms with Crippen molar-refractivity contribution in [3.05, 3.63) is 12.2 Å². The molecule has 0 heterocycles. The zero-order chi connectivity index (χ0) is 9.45. The molecule has 0 radical (unpaired) electrons. The summed E-state index contributed by atoms with van der Waals surface area (Å²) in [6, 6.07) is 0. The number of rotatable bonds is 5. The van der Waals surface area contributed by atoms with E-state index in [1.54, 1.807) is 12.2 Å². The first kappa shape index (κ1) is 11.8. The highest BCUT2D eigenvalue weighted by Crippen LogP contribution is 2.18. The molecule has 5 heteroatoms. The Morgan fingerprint density at radius 2 is 1.92 bits per heavy atom. The summed E-state index contributed by atoms with van der Waals surface area (Å²) < 4.78 is 39.2. The van der Waals surface area contributed by atoms with Crippen molar-refractivity contribution in [3.8, 4) is 0 Å². The fourth-order valence-electron chi connectivity index (χ4n) is 0.482. The number of halogens is 3. The highest BCUT2D eigenvalue weighted by molar-refractivity contribution is 7.80. The van der Waals surface area contributed by atoms with Crippen LogP contribution in [0.2, 0.25) is 0 Å². The van der Waals surface area contributed by atoms with Crippen LogP contribution in [-0.2, 0) is 4.74 Å². The zero-order valence-electron chi connectivity index (χ0n) is 6.47. The Balaban J connectivity index is 3.17. The molecule has 0 atom stereocenters. The Morgan fingerprint density at radius 1 is 1.25 bits per heavy atom. The molecule has 0 aliphatic heterocycles. The summed E-state index contributed by atoms with van der Waals surface area (Å²) in [4.78, 5) is 0. The second kappa shape index (κ2) is 6.37. The predicted octanol–water partition coefficient (Wildman–Crippen LogP) is 2.44. The fraction of sp³-hybridized carbons (Fsp3) is 0.714. The van der Waals surface area contributed by atoms with Gasteiger partial charge in [-0.2, -0.15) is 25.8 Å². The lowest BCUT2D eigenvalue weighted by atomic mass is 10.4. The van der Waals surface area contributed by atoms with Crippen molar-refractivity contribution in [1.82, 2.24) is 0 Å². The average Bonchev–Trinajstić information content (AvgIpc) is 1.94. The van der Waals surface area contributed by atoms with Crippen molar-refractivity contribution in [3.63, 3.8) is 0 Å². The van der Waals surface area contributed by atoms with E-state index < -0.39 is 12.6 Å². The average molecular weight is 200 g/mol. The van der Waals surface area contributed by atoms with Crippen LogP contribution in [0.15, 0.2) is 12.2 Å². The smallest absolute Gasteiger partial charge is 0.377 e. The van der Waals surface area contributed by atoms with Crippen LogP contribution in [0.4, 0.5) is 13.2 Å². The number of hydrogen-bond donors (Lipinski definition) is 1. The quantitative estimate of drug-likeness (QED) is 0.407. The van der Waals surface area contributed by atoms with Crippen LogP contribution in [0.3, 0.4) is 0 Å². The van der Waals surface area contributed by atoms with Gasteiger partial charge in [0.1, 0.15) is 0 Å². The third-order valence-electron chi connectivity index (χ3n) is 1.02. The minimum absolute atomic E-state index is 0.219. The first-order chi connectivity index (χ1) is 5.56. The maximum absolute atomic E-state index is 11.5. The molecule has 0 aromatic carbocycles. The Kier molecular flexibility index (Phi) is 6.28. The van der Waals surface area contributed by atoms with Crippen molar-refractivity contribution < 1.29 is 17.9 Å². The van der Waals surface area contributed by atoms with Crippen LogP contribution in [0.25, 0.3) is 0 Å². The van der Waals surface area contributed by atoms with Crippen LogP contribution in [0.5, 0.6) is 0 Å². The van der Waals surface area contributed by atoms with Crippen molar-refractivity contribution in [2.45, 2.75) is 12.6 Å². The first-order valence-corrected chi connectivity index (χ1v) is 4.10. The molecule has 0 amide bonds. The van der Waals surface area contributed by atoms with E-state index in [1.165, 1.54) is 0 Å². The van der Waals surface area contributed by atoms with E-state index in [4.69, 9.17) is 0 Å². The molecule has 0 rings (SSSR count). The molecule has 0 bridgehead atoms. The van der Waals surface area contributed by atoms with E-state index >= 15 is 0 Å². The maximum Gasteiger partial charge on any atom is 0.391 e. The van der Waals surface area contributed by atoms with Gasteiger partial charge in [0.25, 0.3) is 0 Å². The molecule has 12 heavy (non-hydrogen) atoms. The van der Waals surface area contributed by atoms with E-state index in [-0.39, 0.29) is 13.2 Å². The van der Waals surface area contributed by atoms with Gasteiger partial charge in [-0.1, -0.05) is 12.2 Å². The van der Waals surface area contributed by atoms with Crippen molar-refractivity contribution in [2.75, 3.05) is 19.0 Å². The lowest BCUT2D eigenvalue weighted by Gasteiger charge is -2.04. The standard InChI is InChI=1S/C7H11F3OS/c8-7(9,10)3-5-11-4-1-2-6-12/h1-2,12H,3-6H2/b2-1+. The molecule has 0 N–H and O–H groups in total. The summed E-state index contributed by atoms with van der Waals surface area (Å²) in [5.74, 6) is 0.572. The highest BCUT2D eigenvalue weighted by atomic mass is 32.1. The van der Waals surface area contributed by atoms with Crippen molar-refractivity contribution in [1.29, 1.82) is 0 Å². The Hall–Kier alpha value is -0.160. The van der Waals surface area contributed by atoms with E-state index in [0.717, 1.165) is 0 Å². The van der Waals surface area contributed by atoms with Gasteiger partial charge >= 0.3 is 6.18 Å².